The summed E-state index contributed by atoms with van der Waals surface area (Å²) in [5, 5.41) is 0. The van der Waals surface area contributed by atoms with Gasteiger partial charge in [-0.2, -0.15) is 0 Å². The van der Waals surface area contributed by atoms with E-state index in [-0.39, 0.29) is 6.23 Å². The van der Waals surface area contributed by atoms with Crippen LogP contribution in [0.25, 0.3) is 0 Å². The Morgan fingerprint density at radius 3 is 2.76 bits per heavy atom. The third-order valence-corrected chi connectivity index (χ3v) is 5.96. The van der Waals surface area contributed by atoms with Crippen molar-refractivity contribution >= 4 is 6.21 Å². The molecule has 0 amide bonds. The average Bonchev–Trinajstić information content (AvgIpc) is 2.72. The SMILES string of the molecule is C=C/C=C\C(=C/C)N1C(CCC)OCC2CN(CC/C(C)=C/C=[N+](C)C)CCC21. The maximum absolute atomic E-state index is 6.38. The van der Waals surface area contributed by atoms with Gasteiger partial charge in [-0.05, 0) is 39.2 Å². The number of nitrogens with zero attached hydrogens (tertiary/aromatic N) is 3. The first-order valence-electron chi connectivity index (χ1n) is 11.2. The predicted octanol–water partition coefficient (Wildman–Crippen LogP) is 4.46. The highest BCUT2D eigenvalue weighted by atomic mass is 16.5. The fourth-order valence-electron chi connectivity index (χ4n) is 4.38. The van der Waals surface area contributed by atoms with Crippen molar-refractivity contribution in [2.45, 2.75) is 58.7 Å². The number of rotatable bonds is 9. The van der Waals surface area contributed by atoms with Crippen molar-refractivity contribution in [2.24, 2.45) is 5.92 Å². The van der Waals surface area contributed by atoms with E-state index in [0.717, 1.165) is 39.0 Å². The van der Waals surface area contributed by atoms with E-state index in [1.54, 1.807) is 0 Å². The Morgan fingerprint density at radius 1 is 1.31 bits per heavy atom. The smallest absolute Gasteiger partial charge is 0.162 e. The zero-order chi connectivity index (χ0) is 21.2. The van der Waals surface area contributed by atoms with Crippen LogP contribution in [0.4, 0.5) is 0 Å². The van der Waals surface area contributed by atoms with E-state index in [1.807, 2.05) is 12.2 Å². The molecule has 3 unspecified atom stereocenters. The van der Waals surface area contributed by atoms with E-state index in [1.165, 1.54) is 24.2 Å². The molecule has 162 valence electrons. The van der Waals surface area contributed by atoms with E-state index in [9.17, 15) is 0 Å². The lowest BCUT2D eigenvalue weighted by molar-refractivity contribution is -0.458. The zero-order valence-corrected chi connectivity index (χ0v) is 19.3. The number of fused-ring (bicyclic) bond motifs is 1. The summed E-state index contributed by atoms with van der Waals surface area (Å²) in [7, 11) is 4.14. The van der Waals surface area contributed by atoms with E-state index >= 15 is 0 Å². The number of likely N-dealkylation sites (tertiary alicyclic amines) is 1. The van der Waals surface area contributed by atoms with Crippen LogP contribution in [0.5, 0.6) is 0 Å². The van der Waals surface area contributed by atoms with Gasteiger partial charge >= 0.3 is 0 Å². The van der Waals surface area contributed by atoms with Crippen LogP contribution in [0.2, 0.25) is 0 Å². The van der Waals surface area contributed by atoms with Gasteiger partial charge < -0.3 is 14.5 Å². The zero-order valence-electron chi connectivity index (χ0n) is 19.3. The molecule has 4 nitrogen and oxygen atoms in total. The maximum atomic E-state index is 6.38. The van der Waals surface area contributed by atoms with Crippen molar-refractivity contribution in [3.05, 3.63) is 48.2 Å². The topological polar surface area (TPSA) is 18.7 Å². The first-order chi connectivity index (χ1) is 14.0. The molecule has 0 aliphatic carbocycles. The van der Waals surface area contributed by atoms with Crippen LogP contribution < -0.4 is 0 Å². The van der Waals surface area contributed by atoms with Crippen LogP contribution in [0, 0.1) is 5.92 Å². The average molecular weight is 401 g/mol. The molecule has 29 heavy (non-hydrogen) atoms. The van der Waals surface area contributed by atoms with Gasteiger partial charge in [0.2, 0.25) is 0 Å². The Bertz CT molecular complexity index is 642. The summed E-state index contributed by atoms with van der Waals surface area (Å²) >= 11 is 0. The first-order valence-corrected chi connectivity index (χ1v) is 11.2. The molecule has 0 bridgehead atoms. The van der Waals surface area contributed by atoms with E-state index in [2.05, 4.69) is 80.3 Å². The van der Waals surface area contributed by atoms with Gasteiger partial charge in [0.1, 0.15) is 20.3 Å². The van der Waals surface area contributed by atoms with Crippen molar-refractivity contribution in [3.63, 3.8) is 0 Å². The Hall–Kier alpha value is -1.65. The van der Waals surface area contributed by atoms with Gasteiger partial charge in [0.05, 0.1) is 6.61 Å². The molecule has 0 spiro atoms. The van der Waals surface area contributed by atoms with Crippen LogP contribution in [0.3, 0.4) is 0 Å². The van der Waals surface area contributed by atoms with Crippen LogP contribution in [0.15, 0.2) is 48.2 Å². The lowest BCUT2D eigenvalue weighted by Gasteiger charge is -2.52. The summed E-state index contributed by atoms with van der Waals surface area (Å²) in [6.07, 6.45) is 17.4. The second kappa shape index (κ2) is 12.1. The van der Waals surface area contributed by atoms with Crippen molar-refractivity contribution < 1.29 is 9.31 Å². The molecule has 0 N–H and O–H groups in total. The molecule has 2 saturated heterocycles. The fraction of sp³-hybridized carbons (Fsp3) is 0.640. The standard InChI is InChI=1S/C25H42N3O/c1-7-10-12-23(9-3)28-24-15-18-27(17-14-21(4)13-16-26(5)6)19-22(24)20-29-25(28)11-8-2/h7,9-10,12-13,16,22,24-25H,1,8,11,14-15,17-20H2,2-6H3/q+1/b12-10-,21-13+,23-9+. The summed E-state index contributed by atoms with van der Waals surface area (Å²) in [6, 6.07) is 0.566. The normalized spacial score (nSPS) is 26.5. The van der Waals surface area contributed by atoms with Crippen LogP contribution in [0.1, 0.15) is 46.5 Å². The highest BCUT2D eigenvalue weighted by molar-refractivity contribution is 5.67. The van der Waals surface area contributed by atoms with Crippen LogP contribution >= 0.6 is 0 Å². The van der Waals surface area contributed by atoms with Gasteiger partial charge in [-0.3, -0.25) is 0 Å². The Kier molecular flexibility index (Phi) is 9.89. The maximum Gasteiger partial charge on any atom is 0.162 e. The van der Waals surface area contributed by atoms with Crippen molar-refractivity contribution in [1.82, 2.24) is 9.80 Å². The summed E-state index contributed by atoms with van der Waals surface area (Å²) < 4.78 is 8.47. The quantitative estimate of drug-likeness (QED) is 0.323. The molecule has 0 aromatic heterocycles. The van der Waals surface area contributed by atoms with Crippen molar-refractivity contribution in [1.29, 1.82) is 0 Å². The van der Waals surface area contributed by atoms with Gasteiger partial charge in [0.25, 0.3) is 0 Å². The highest BCUT2D eigenvalue weighted by Gasteiger charge is 2.40. The minimum Gasteiger partial charge on any atom is -0.358 e. The molecule has 0 aromatic carbocycles. The lowest BCUT2D eigenvalue weighted by atomic mass is 9.88. The fourth-order valence-corrected chi connectivity index (χ4v) is 4.38. The summed E-state index contributed by atoms with van der Waals surface area (Å²) in [4.78, 5) is 5.19. The molecule has 2 rings (SSSR count). The monoisotopic (exact) mass is 400 g/mol. The van der Waals surface area contributed by atoms with Crippen LogP contribution in [-0.2, 0) is 4.74 Å². The summed E-state index contributed by atoms with van der Waals surface area (Å²) in [5.41, 5.74) is 2.71. The Labute approximate surface area is 178 Å². The Morgan fingerprint density at radius 2 is 2.10 bits per heavy atom. The van der Waals surface area contributed by atoms with Gasteiger partial charge in [0.15, 0.2) is 6.21 Å². The number of hydrogen-bond acceptors (Lipinski definition) is 3. The molecule has 4 heteroatoms. The summed E-state index contributed by atoms with van der Waals surface area (Å²) in [6.45, 7) is 14.8. The molecule has 2 heterocycles. The molecule has 0 radical (unpaired) electrons. The number of piperidine rings is 1. The largest absolute Gasteiger partial charge is 0.358 e. The highest BCUT2D eigenvalue weighted by Crippen LogP contribution is 2.34. The van der Waals surface area contributed by atoms with Gasteiger partial charge in [0, 0.05) is 43.4 Å². The number of ether oxygens (including phenoxy) is 1. The predicted molar refractivity (Wildman–Crippen MR) is 124 cm³/mol. The van der Waals surface area contributed by atoms with E-state index in [0.29, 0.717) is 12.0 Å². The first kappa shape index (κ1) is 23.6. The molecule has 0 aromatic rings. The minimum absolute atomic E-state index is 0.195. The van der Waals surface area contributed by atoms with E-state index < -0.39 is 0 Å². The van der Waals surface area contributed by atoms with E-state index in [4.69, 9.17) is 4.74 Å². The Balaban J connectivity index is 2.04. The summed E-state index contributed by atoms with van der Waals surface area (Å²) in [5.74, 6) is 0.571. The minimum atomic E-state index is 0.195. The second-order valence-corrected chi connectivity index (χ2v) is 8.58. The molecule has 0 saturated carbocycles. The second-order valence-electron chi connectivity index (χ2n) is 8.58. The molecular formula is C25H42N3O+. The molecule has 2 fully saturated rings. The lowest BCUT2D eigenvalue weighted by Crippen LogP contribution is -2.59. The van der Waals surface area contributed by atoms with Crippen molar-refractivity contribution in [3.8, 4) is 0 Å². The van der Waals surface area contributed by atoms with Gasteiger partial charge in [-0.1, -0.05) is 43.7 Å². The van der Waals surface area contributed by atoms with Gasteiger partial charge in [-0.15, -0.1) is 0 Å². The molecule has 3 atom stereocenters. The molecule has 2 aliphatic heterocycles. The number of allylic oxidation sites excluding steroid dienone is 5. The van der Waals surface area contributed by atoms with Crippen molar-refractivity contribution in [2.75, 3.05) is 40.3 Å². The third-order valence-electron chi connectivity index (χ3n) is 5.96. The number of hydrogen-bond donors (Lipinski definition) is 0. The van der Waals surface area contributed by atoms with Crippen LogP contribution in [-0.4, -0.2) is 73.2 Å². The molecular weight excluding hydrogens is 358 g/mol. The third kappa shape index (κ3) is 6.97. The van der Waals surface area contributed by atoms with Gasteiger partial charge in [-0.25, -0.2) is 4.58 Å². The molecule has 2 aliphatic rings.